The molecule has 3 N–H and O–H groups in total. The number of nitrogens with two attached hydrogens (primary N) is 1. The van der Waals surface area contributed by atoms with Crippen LogP contribution >= 0.6 is 0 Å². The van der Waals surface area contributed by atoms with Gasteiger partial charge in [0.2, 0.25) is 6.41 Å². The molecule has 1 aliphatic rings. The summed E-state index contributed by atoms with van der Waals surface area (Å²) in [6, 6.07) is 6.51. The number of anilines is 2. The Morgan fingerprint density at radius 1 is 1.20 bits per heavy atom. The Bertz CT molecular complexity index is 1620. The number of amides is 2. The van der Waals surface area contributed by atoms with Crippen LogP contribution in [0.3, 0.4) is 0 Å². The van der Waals surface area contributed by atoms with Gasteiger partial charge in [-0.05, 0) is 42.7 Å². The van der Waals surface area contributed by atoms with E-state index in [2.05, 4.69) is 15.3 Å². The zero-order chi connectivity index (χ0) is 29.5. The summed E-state index contributed by atoms with van der Waals surface area (Å²) in [7, 11) is 0. The number of nitrogens with zero attached hydrogens (tertiary/aromatic N) is 5. The number of pyridine rings is 1. The third kappa shape index (κ3) is 5.44. The van der Waals surface area contributed by atoms with Gasteiger partial charge >= 0.3 is 6.18 Å². The normalized spacial score (nSPS) is 17.7. The van der Waals surface area contributed by atoms with Crippen LogP contribution in [0.15, 0.2) is 48.9 Å². The maximum absolute atomic E-state index is 13.1. The minimum Gasteiger partial charge on any atom is -0.382 e. The lowest BCUT2D eigenvalue weighted by molar-refractivity contribution is -0.137. The molecule has 2 amide bonds. The van der Waals surface area contributed by atoms with Gasteiger partial charge in [0.15, 0.2) is 0 Å². The molecule has 1 saturated heterocycles. The molecule has 214 valence electrons. The fraction of sp³-hybridized carbons (Fsp3) is 0.321. The van der Waals surface area contributed by atoms with Crippen molar-refractivity contribution in [2.24, 2.45) is 0 Å². The fourth-order valence-corrected chi connectivity index (χ4v) is 4.84. The van der Waals surface area contributed by atoms with E-state index in [1.165, 1.54) is 0 Å². The lowest BCUT2D eigenvalue weighted by Gasteiger charge is -2.34. The van der Waals surface area contributed by atoms with Crippen molar-refractivity contribution in [3.63, 3.8) is 0 Å². The Hall–Kier alpha value is -4.52. The zero-order valence-electron chi connectivity index (χ0n) is 22.5. The molecule has 0 aliphatic carbocycles. The van der Waals surface area contributed by atoms with Gasteiger partial charge in [-0.1, -0.05) is 19.9 Å². The van der Waals surface area contributed by atoms with Crippen LogP contribution in [0.1, 0.15) is 60.1 Å². The van der Waals surface area contributed by atoms with E-state index < -0.39 is 23.8 Å². The first-order chi connectivity index (χ1) is 19.5. The molecule has 3 aromatic heterocycles. The molecular weight excluding hydrogens is 539 g/mol. The highest BCUT2D eigenvalue weighted by Gasteiger charge is 2.32. The van der Waals surface area contributed by atoms with Gasteiger partial charge in [-0.15, -0.1) is 0 Å². The molecule has 41 heavy (non-hydrogen) atoms. The average molecular weight is 568 g/mol. The summed E-state index contributed by atoms with van der Waals surface area (Å²) in [5.74, 6) is -0.102. The topological polar surface area (TPSA) is 128 Å². The summed E-state index contributed by atoms with van der Waals surface area (Å²) in [4.78, 5) is 39.3. The van der Waals surface area contributed by atoms with Gasteiger partial charge < -0.3 is 20.7 Å². The number of halogens is 3. The molecule has 5 rings (SSSR count). The van der Waals surface area contributed by atoms with Crippen molar-refractivity contribution in [2.75, 3.05) is 24.2 Å². The number of nitrogen functional groups attached to an aromatic ring is 1. The number of carbonyl (C=O) groups is 2. The SMILES string of the molecule is CC(C)c1cc(C(=O)Nc2cc(C(F)(F)F)ccn2)ccc1-c1nc([C@H]2CN(C=O)[C@@H](C)CO2)n2ccnc(N)c12. The highest BCUT2D eigenvalue weighted by molar-refractivity contribution is 6.04. The Morgan fingerprint density at radius 3 is 2.68 bits per heavy atom. The van der Waals surface area contributed by atoms with E-state index in [4.69, 9.17) is 15.5 Å². The first-order valence-corrected chi connectivity index (χ1v) is 12.9. The number of carbonyl (C=O) groups excluding carboxylic acids is 2. The number of imidazole rings is 1. The van der Waals surface area contributed by atoms with E-state index in [0.717, 1.165) is 30.3 Å². The molecule has 4 heterocycles. The zero-order valence-corrected chi connectivity index (χ0v) is 22.5. The molecular formula is C28H28F3N7O3. The molecule has 13 heteroatoms. The minimum absolute atomic E-state index is 0.0696. The second-order valence-electron chi connectivity index (χ2n) is 10.2. The molecule has 0 radical (unpaired) electrons. The molecule has 2 atom stereocenters. The fourth-order valence-electron chi connectivity index (χ4n) is 4.84. The third-order valence-electron chi connectivity index (χ3n) is 7.03. The van der Waals surface area contributed by atoms with Crippen molar-refractivity contribution < 1.29 is 27.5 Å². The summed E-state index contributed by atoms with van der Waals surface area (Å²) in [5.41, 5.74) is 8.18. The number of benzene rings is 1. The smallest absolute Gasteiger partial charge is 0.382 e. The van der Waals surface area contributed by atoms with Crippen LogP contribution in [0.4, 0.5) is 24.8 Å². The lowest BCUT2D eigenvalue weighted by Crippen LogP contribution is -2.44. The van der Waals surface area contributed by atoms with Crippen LogP contribution in [0, 0.1) is 0 Å². The third-order valence-corrected chi connectivity index (χ3v) is 7.03. The predicted octanol–water partition coefficient (Wildman–Crippen LogP) is 4.69. The quantitative estimate of drug-likeness (QED) is 0.324. The average Bonchev–Trinajstić information content (AvgIpc) is 3.33. The van der Waals surface area contributed by atoms with E-state index in [9.17, 15) is 22.8 Å². The highest BCUT2D eigenvalue weighted by Crippen LogP contribution is 2.37. The summed E-state index contributed by atoms with van der Waals surface area (Å²) >= 11 is 0. The summed E-state index contributed by atoms with van der Waals surface area (Å²) in [6.45, 7) is 6.45. The molecule has 0 bridgehead atoms. The monoisotopic (exact) mass is 567 g/mol. The summed E-state index contributed by atoms with van der Waals surface area (Å²) in [5, 5.41) is 2.45. The molecule has 1 aromatic carbocycles. The second-order valence-corrected chi connectivity index (χ2v) is 10.2. The van der Waals surface area contributed by atoms with Crippen molar-refractivity contribution in [3.8, 4) is 11.3 Å². The highest BCUT2D eigenvalue weighted by atomic mass is 19.4. The minimum atomic E-state index is -4.57. The van der Waals surface area contributed by atoms with Gasteiger partial charge in [0.1, 0.15) is 34.8 Å². The number of rotatable bonds is 6. The Labute approximate surface area is 233 Å². The first kappa shape index (κ1) is 28.0. The lowest BCUT2D eigenvalue weighted by atomic mass is 9.92. The number of morpholine rings is 1. The number of fused-ring (bicyclic) bond motifs is 1. The van der Waals surface area contributed by atoms with Crippen LogP contribution in [0.5, 0.6) is 0 Å². The Kier molecular flexibility index (Phi) is 7.39. The molecule has 1 fully saturated rings. The maximum Gasteiger partial charge on any atom is 0.416 e. The van der Waals surface area contributed by atoms with Crippen LogP contribution < -0.4 is 11.1 Å². The van der Waals surface area contributed by atoms with Gasteiger partial charge in [-0.2, -0.15) is 13.2 Å². The number of hydrogen-bond donors (Lipinski definition) is 2. The number of hydrogen-bond acceptors (Lipinski definition) is 7. The van der Waals surface area contributed by atoms with Gasteiger partial charge in [-0.3, -0.25) is 14.0 Å². The van der Waals surface area contributed by atoms with Crippen LogP contribution in [-0.4, -0.2) is 55.8 Å². The summed E-state index contributed by atoms with van der Waals surface area (Å²) < 4.78 is 47.2. The van der Waals surface area contributed by atoms with E-state index in [-0.39, 0.29) is 29.2 Å². The van der Waals surface area contributed by atoms with Crippen molar-refractivity contribution in [3.05, 3.63) is 71.4 Å². The number of nitrogens with one attached hydrogen (secondary N) is 1. The molecule has 1 aliphatic heterocycles. The van der Waals surface area contributed by atoms with Crippen molar-refractivity contribution in [1.29, 1.82) is 0 Å². The van der Waals surface area contributed by atoms with E-state index in [0.29, 0.717) is 35.8 Å². The largest absolute Gasteiger partial charge is 0.416 e. The number of aromatic nitrogens is 4. The molecule has 10 nitrogen and oxygen atoms in total. The maximum atomic E-state index is 13.1. The molecule has 0 saturated carbocycles. The van der Waals surface area contributed by atoms with E-state index in [1.54, 1.807) is 39.9 Å². The second kappa shape index (κ2) is 10.8. The standard InChI is InChI=1S/C28H28F3N7O3/c1-15(2)20-10-17(27(40)35-22-11-18(6-7-33-22)28(29,30)31)4-5-19(20)23-24-25(32)34-8-9-38(24)26(36-23)21-12-37(14-39)16(3)13-41-21/h4-11,14-16,21H,12-13H2,1-3H3,(H2,32,34)(H,33,35,40)/t16-,21+/m0/s1. The van der Waals surface area contributed by atoms with Crippen molar-refractivity contribution in [1.82, 2.24) is 24.3 Å². The first-order valence-electron chi connectivity index (χ1n) is 12.9. The van der Waals surface area contributed by atoms with Crippen molar-refractivity contribution in [2.45, 2.75) is 45.0 Å². The Morgan fingerprint density at radius 2 is 1.98 bits per heavy atom. The van der Waals surface area contributed by atoms with Crippen LogP contribution in [0.25, 0.3) is 16.8 Å². The molecule has 4 aromatic rings. The van der Waals surface area contributed by atoms with E-state index in [1.807, 2.05) is 20.8 Å². The van der Waals surface area contributed by atoms with Gasteiger partial charge in [0, 0.05) is 29.7 Å². The number of alkyl halides is 3. The Balaban J connectivity index is 1.54. The summed E-state index contributed by atoms with van der Waals surface area (Å²) in [6.07, 6.45) is -0.00699. The van der Waals surface area contributed by atoms with Gasteiger partial charge in [0.05, 0.1) is 24.8 Å². The number of ether oxygens (including phenoxy) is 1. The predicted molar refractivity (Wildman–Crippen MR) is 145 cm³/mol. The van der Waals surface area contributed by atoms with E-state index >= 15 is 0 Å². The van der Waals surface area contributed by atoms with Crippen LogP contribution in [0.2, 0.25) is 0 Å². The molecule has 0 spiro atoms. The molecule has 0 unspecified atom stereocenters. The van der Waals surface area contributed by atoms with Gasteiger partial charge in [0.25, 0.3) is 5.91 Å². The van der Waals surface area contributed by atoms with Crippen molar-refractivity contribution >= 4 is 29.5 Å². The van der Waals surface area contributed by atoms with Gasteiger partial charge in [-0.25, -0.2) is 15.0 Å². The van der Waals surface area contributed by atoms with Crippen LogP contribution in [-0.2, 0) is 15.7 Å².